The highest BCUT2D eigenvalue weighted by Crippen LogP contribution is 2.21. The van der Waals surface area contributed by atoms with E-state index < -0.39 is 0 Å². The summed E-state index contributed by atoms with van der Waals surface area (Å²) >= 11 is 0. The summed E-state index contributed by atoms with van der Waals surface area (Å²) in [4.78, 5) is 3.47. The molecule has 3 aromatic rings. The first-order valence-electron chi connectivity index (χ1n) is 8.80. The van der Waals surface area contributed by atoms with Gasteiger partial charge in [-0.25, -0.2) is 0 Å². The number of hydrogen-bond acceptors (Lipinski definition) is 1. The average molecular weight is 318 g/mol. The number of aryl methyl sites for hydroxylation is 1. The second-order valence-electron chi connectivity index (χ2n) is 6.25. The Bertz CT molecular complexity index is 810. The van der Waals surface area contributed by atoms with Crippen molar-refractivity contribution >= 4 is 17.0 Å². The third-order valence-corrected chi connectivity index (χ3v) is 4.43. The van der Waals surface area contributed by atoms with E-state index >= 15 is 0 Å². The fourth-order valence-electron chi connectivity index (χ4n) is 3.10. The number of hydrogen-bond donors (Lipinski definition) is 2. The summed E-state index contributed by atoms with van der Waals surface area (Å²) in [5, 5.41) is 4.91. The molecule has 2 N–H and O–H groups in total. The van der Waals surface area contributed by atoms with Crippen LogP contribution in [0, 0.1) is 6.92 Å². The van der Waals surface area contributed by atoms with Crippen LogP contribution >= 0.6 is 0 Å². The van der Waals surface area contributed by atoms with Crippen LogP contribution in [0.5, 0.6) is 0 Å². The van der Waals surface area contributed by atoms with Crippen molar-refractivity contribution < 1.29 is 0 Å². The summed E-state index contributed by atoms with van der Waals surface area (Å²) < 4.78 is 0. The van der Waals surface area contributed by atoms with Crippen molar-refractivity contribution in [2.75, 3.05) is 6.54 Å². The van der Waals surface area contributed by atoms with Crippen molar-refractivity contribution in [2.45, 2.75) is 33.2 Å². The Kier molecular flexibility index (Phi) is 5.50. The molecule has 2 heteroatoms. The van der Waals surface area contributed by atoms with E-state index in [9.17, 15) is 0 Å². The summed E-state index contributed by atoms with van der Waals surface area (Å²) in [5.74, 6) is 0. The first-order valence-corrected chi connectivity index (χ1v) is 8.80. The Morgan fingerprint density at radius 2 is 1.83 bits per heavy atom. The number of benzene rings is 2. The summed E-state index contributed by atoms with van der Waals surface area (Å²) in [6, 6.07) is 17.3. The molecule has 2 aromatic carbocycles. The zero-order valence-corrected chi connectivity index (χ0v) is 14.6. The van der Waals surface area contributed by atoms with E-state index in [1.54, 1.807) is 0 Å². The Labute approximate surface area is 144 Å². The van der Waals surface area contributed by atoms with Crippen molar-refractivity contribution in [3.8, 4) is 0 Å². The van der Waals surface area contributed by atoms with Crippen molar-refractivity contribution in [2.24, 2.45) is 0 Å². The molecule has 124 valence electrons. The van der Waals surface area contributed by atoms with Gasteiger partial charge in [0, 0.05) is 23.1 Å². The molecule has 0 amide bonds. The molecule has 0 unspecified atom stereocenters. The monoisotopic (exact) mass is 318 g/mol. The predicted octanol–water partition coefficient (Wildman–Crippen LogP) is 5.23. The summed E-state index contributed by atoms with van der Waals surface area (Å²) in [6.45, 7) is 6.22. The Balaban J connectivity index is 1.53. The Hall–Kier alpha value is -2.32. The van der Waals surface area contributed by atoms with Gasteiger partial charge in [-0.3, -0.25) is 0 Å². The minimum absolute atomic E-state index is 0.916. The zero-order valence-electron chi connectivity index (χ0n) is 14.6. The molecule has 0 aliphatic carbocycles. The summed E-state index contributed by atoms with van der Waals surface area (Å²) in [6.07, 6.45) is 6.50. The van der Waals surface area contributed by atoms with Gasteiger partial charge in [-0.05, 0) is 49.1 Å². The first-order chi connectivity index (χ1) is 11.8. The maximum Gasteiger partial charge on any atom is 0.0458 e. The quantitative estimate of drug-likeness (QED) is 0.573. The molecule has 0 bridgehead atoms. The minimum Gasteiger partial charge on any atom is -0.358 e. The number of fused-ring (bicyclic) bond motifs is 1. The molecule has 0 saturated carbocycles. The highest BCUT2D eigenvalue weighted by atomic mass is 14.8. The van der Waals surface area contributed by atoms with Gasteiger partial charge < -0.3 is 10.3 Å². The molecule has 24 heavy (non-hydrogen) atoms. The minimum atomic E-state index is 0.916. The highest BCUT2D eigenvalue weighted by Gasteiger charge is 2.06. The van der Waals surface area contributed by atoms with Crippen LogP contribution in [0.15, 0.2) is 54.6 Å². The maximum atomic E-state index is 3.56. The molecule has 0 saturated heterocycles. The van der Waals surface area contributed by atoms with Crippen LogP contribution in [0.4, 0.5) is 0 Å². The lowest BCUT2D eigenvalue weighted by atomic mass is 10.1. The molecule has 0 radical (unpaired) electrons. The molecule has 0 aliphatic heterocycles. The van der Waals surface area contributed by atoms with Gasteiger partial charge in [-0.15, -0.1) is 0 Å². The lowest BCUT2D eigenvalue weighted by molar-refractivity contribution is 0.687. The normalized spacial score (nSPS) is 11.6. The second-order valence-corrected chi connectivity index (χ2v) is 6.25. The third-order valence-electron chi connectivity index (χ3n) is 4.43. The second kappa shape index (κ2) is 7.98. The predicted molar refractivity (Wildman–Crippen MR) is 104 cm³/mol. The van der Waals surface area contributed by atoms with Gasteiger partial charge >= 0.3 is 0 Å². The summed E-state index contributed by atoms with van der Waals surface area (Å²) in [5.41, 5.74) is 6.55. The topological polar surface area (TPSA) is 27.8 Å². The molecule has 1 aromatic heterocycles. The van der Waals surface area contributed by atoms with Gasteiger partial charge in [-0.1, -0.05) is 61.5 Å². The van der Waals surface area contributed by atoms with E-state index in [1.807, 2.05) is 0 Å². The lowest BCUT2D eigenvalue weighted by Crippen LogP contribution is -2.16. The van der Waals surface area contributed by atoms with Crippen LogP contribution in [-0.2, 0) is 13.0 Å². The Morgan fingerprint density at radius 3 is 2.62 bits per heavy atom. The van der Waals surface area contributed by atoms with Gasteiger partial charge in [0.25, 0.3) is 0 Å². The van der Waals surface area contributed by atoms with Crippen LogP contribution in [-0.4, -0.2) is 11.5 Å². The van der Waals surface area contributed by atoms with Crippen LogP contribution < -0.4 is 5.32 Å². The molecule has 0 aliphatic rings. The van der Waals surface area contributed by atoms with E-state index in [0.717, 1.165) is 25.9 Å². The van der Waals surface area contributed by atoms with Crippen molar-refractivity contribution in [3.63, 3.8) is 0 Å². The largest absolute Gasteiger partial charge is 0.358 e. The van der Waals surface area contributed by atoms with Gasteiger partial charge in [0.15, 0.2) is 0 Å². The van der Waals surface area contributed by atoms with Gasteiger partial charge in [0.1, 0.15) is 0 Å². The SMILES string of the molecule is CC/C=C/c1ccc(CNCCc2c(C)[nH]c3ccccc23)cc1. The number of H-pyrrole nitrogens is 1. The molecule has 0 spiro atoms. The van der Waals surface area contributed by atoms with Crippen molar-refractivity contribution in [3.05, 3.63) is 77.0 Å². The van der Waals surface area contributed by atoms with Gasteiger partial charge in [0.05, 0.1) is 0 Å². The van der Waals surface area contributed by atoms with Gasteiger partial charge in [-0.2, -0.15) is 0 Å². The van der Waals surface area contributed by atoms with Crippen molar-refractivity contribution in [1.29, 1.82) is 0 Å². The fourth-order valence-corrected chi connectivity index (χ4v) is 3.10. The molecule has 3 rings (SSSR count). The van der Waals surface area contributed by atoms with E-state index in [0.29, 0.717) is 0 Å². The third kappa shape index (κ3) is 3.95. The van der Waals surface area contributed by atoms with Crippen LogP contribution in [0.25, 0.3) is 17.0 Å². The van der Waals surface area contributed by atoms with E-state index in [1.165, 1.54) is 33.3 Å². The number of allylic oxidation sites excluding steroid dienone is 1. The maximum absolute atomic E-state index is 3.56. The van der Waals surface area contributed by atoms with Crippen LogP contribution in [0.2, 0.25) is 0 Å². The number of aromatic amines is 1. The highest BCUT2D eigenvalue weighted by molar-refractivity contribution is 5.84. The average Bonchev–Trinajstić information content (AvgIpc) is 2.93. The van der Waals surface area contributed by atoms with E-state index in [-0.39, 0.29) is 0 Å². The van der Waals surface area contributed by atoms with Crippen LogP contribution in [0.1, 0.15) is 35.7 Å². The molecule has 0 atom stereocenters. The van der Waals surface area contributed by atoms with Crippen molar-refractivity contribution in [1.82, 2.24) is 10.3 Å². The smallest absolute Gasteiger partial charge is 0.0458 e. The molecule has 0 fully saturated rings. The van der Waals surface area contributed by atoms with Gasteiger partial charge in [0.2, 0.25) is 0 Å². The number of nitrogens with one attached hydrogen (secondary N) is 2. The molecule has 2 nitrogen and oxygen atoms in total. The Morgan fingerprint density at radius 1 is 1.04 bits per heavy atom. The number of aromatic nitrogens is 1. The lowest BCUT2D eigenvalue weighted by Gasteiger charge is -2.06. The number of para-hydroxylation sites is 1. The summed E-state index contributed by atoms with van der Waals surface area (Å²) in [7, 11) is 0. The zero-order chi connectivity index (χ0) is 16.8. The van der Waals surface area contributed by atoms with Crippen LogP contribution in [0.3, 0.4) is 0 Å². The number of rotatable bonds is 7. The first kappa shape index (κ1) is 16.5. The molecule has 1 heterocycles. The van der Waals surface area contributed by atoms with E-state index in [2.05, 4.69) is 84.8 Å². The molecular weight excluding hydrogens is 292 g/mol. The standard InChI is InChI=1S/C22H26N2/c1-3-4-7-18-10-12-19(13-11-18)16-23-15-14-20-17(2)24-22-9-6-5-8-21(20)22/h4-13,23-24H,3,14-16H2,1-2H3/b7-4+. The molecular formula is C22H26N2. The fraction of sp³-hybridized carbons (Fsp3) is 0.273. The van der Waals surface area contributed by atoms with E-state index in [4.69, 9.17) is 0 Å².